The molecule has 330 valence electrons. The summed E-state index contributed by atoms with van der Waals surface area (Å²) in [4.78, 5) is 47.5. The SMILES string of the molecule is CC/C=C\C/C=C\C/C=C\C/C=C\CCCCCCC(=O)OC[C@H](COP(=O)(O)OCCN)OC(=O)CCC/C=C\C[C@H]1[C@@H](O)CC(=O)[C@@H]1/C=C/[C@@H](O)CCCCC. The predicted molar refractivity (Wildman–Crippen MR) is 230 cm³/mol. The number of aliphatic hydroxyl groups excluding tert-OH is 2. The van der Waals surface area contributed by atoms with Crippen LogP contribution in [0.4, 0.5) is 0 Å². The van der Waals surface area contributed by atoms with Crippen LogP contribution >= 0.6 is 7.82 Å². The topological polar surface area (TPSA) is 192 Å². The number of Topliss-reactive ketones (excluding diaryl/α,β-unsaturated/α-hetero) is 1. The lowest BCUT2D eigenvalue weighted by Crippen LogP contribution is -2.29. The van der Waals surface area contributed by atoms with Crippen molar-refractivity contribution in [2.45, 2.75) is 154 Å². The van der Waals surface area contributed by atoms with Crippen LogP contribution in [0.1, 0.15) is 136 Å². The summed E-state index contributed by atoms with van der Waals surface area (Å²) in [5.41, 5.74) is 5.34. The highest BCUT2D eigenvalue weighted by Crippen LogP contribution is 2.43. The molecule has 0 aromatic carbocycles. The molecular weight excluding hydrogens is 761 g/mol. The molecule has 1 aliphatic rings. The number of phosphoric acid groups is 1. The third-order valence-electron chi connectivity index (χ3n) is 9.45. The molecule has 5 N–H and O–H groups in total. The van der Waals surface area contributed by atoms with Gasteiger partial charge in [-0.15, -0.1) is 0 Å². The van der Waals surface area contributed by atoms with Gasteiger partial charge >= 0.3 is 19.8 Å². The fraction of sp³-hybridized carbons (Fsp3) is 0.667. The van der Waals surface area contributed by atoms with Gasteiger partial charge < -0.3 is 30.3 Å². The van der Waals surface area contributed by atoms with Gasteiger partial charge in [0.1, 0.15) is 12.4 Å². The van der Waals surface area contributed by atoms with Crippen molar-refractivity contribution in [2.24, 2.45) is 17.6 Å². The zero-order valence-corrected chi connectivity index (χ0v) is 36.1. The molecule has 0 saturated heterocycles. The number of hydrogen-bond acceptors (Lipinski definition) is 11. The lowest BCUT2D eigenvalue weighted by molar-refractivity contribution is -0.161. The molecule has 0 heterocycles. The number of ether oxygens (including phenoxy) is 2. The van der Waals surface area contributed by atoms with E-state index in [-0.39, 0.29) is 50.7 Å². The number of aliphatic hydroxyl groups is 2. The molecule has 1 fully saturated rings. The Labute approximate surface area is 348 Å². The average Bonchev–Trinajstić information content (AvgIpc) is 3.47. The van der Waals surface area contributed by atoms with E-state index in [4.69, 9.17) is 24.3 Å². The molecule has 0 aromatic heterocycles. The fourth-order valence-electron chi connectivity index (χ4n) is 6.19. The summed E-state index contributed by atoms with van der Waals surface area (Å²) in [6, 6.07) is 0. The summed E-state index contributed by atoms with van der Waals surface area (Å²) in [6.07, 6.45) is 35.8. The maximum absolute atomic E-state index is 12.7. The van der Waals surface area contributed by atoms with Crippen molar-refractivity contribution in [3.8, 4) is 0 Å². The number of phosphoric ester groups is 1. The van der Waals surface area contributed by atoms with Gasteiger partial charge in [-0.3, -0.25) is 23.4 Å². The van der Waals surface area contributed by atoms with Crippen molar-refractivity contribution in [1.29, 1.82) is 0 Å². The summed E-state index contributed by atoms with van der Waals surface area (Å²) >= 11 is 0. The Bertz CT molecular complexity index is 1340. The monoisotopic (exact) mass is 835 g/mol. The van der Waals surface area contributed by atoms with Crippen LogP contribution in [-0.4, -0.2) is 77.5 Å². The van der Waals surface area contributed by atoms with Gasteiger partial charge in [-0.25, -0.2) is 4.57 Å². The Morgan fingerprint density at radius 3 is 2.14 bits per heavy atom. The van der Waals surface area contributed by atoms with Crippen molar-refractivity contribution < 1.29 is 52.6 Å². The van der Waals surface area contributed by atoms with E-state index < -0.39 is 50.6 Å². The van der Waals surface area contributed by atoms with Crippen LogP contribution in [0.3, 0.4) is 0 Å². The molecule has 1 unspecified atom stereocenters. The number of hydrogen-bond donors (Lipinski definition) is 4. The van der Waals surface area contributed by atoms with E-state index in [0.717, 1.165) is 70.6 Å². The van der Waals surface area contributed by atoms with E-state index in [1.54, 1.807) is 12.2 Å². The number of carbonyl (C=O) groups excluding carboxylic acids is 3. The maximum Gasteiger partial charge on any atom is 0.472 e. The lowest BCUT2D eigenvalue weighted by atomic mass is 9.90. The Kier molecular flexibility index (Phi) is 31.9. The highest BCUT2D eigenvalue weighted by atomic mass is 31.2. The summed E-state index contributed by atoms with van der Waals surface area (Å²) in [6.45, 7) is 3.15. The second kappa shape index (κ2) is 34.9. The van der Waals surface area contributed by atoms with Crippen molar-refractivity contribution in [3.63, 3.8) is 0 Å². The lowest BCUT2D eigenvalue weighted by Gasteiger charge is -2.19. The Morgan fingerprint density at radius 1 is 0.810 bits per heavy atom. The number of ketones is 1. The minimum atomic E-state index is -4.46. The second-order valence-corrected chi connectivity index (χ2v) is 16.1. The largest absolute Gasteiger partial charge is 0.472 e. The molecule has 58 heavy (non-hydrogen) atoms. The van der Waals surface area contributed by atoms with Crippen LogP contribution < -0.4 is 5.73 Å². The van der Waals surface area contributed by atoms with Gasteiger partial charge in [0, 0.05) is 37.6 Å². The van der Waals surface area contributed by atoms with Crippen molar-refractivity contribution in [2.75, 3.05) is 26.4 Å². The quantitative estimate of drug-likeness (QED) is 0.0206. The van der Waals surface area contributed by atoms with Gasteiger partial charge in [0.25, 0.3) is 0 Å². The van der Waals surface area contributed by atoms with Gasteiger partial charge in [0.05, 0.1) is 25.4 Å². The van der Waals surface area contributed by atoms with E-state index in [1.807, 2.05) is 12.2 Å². The Hall–Kier alpha value is -2.96. The molecule has 0 radical (unpaired) electrons. The van der Waals surface area contributed by atoms with E-state index in [2.05, 4.69) is 62.5 Å². The molecule has 12 nitrogen and oxygen atoms in total. The minimum absolute atomic E-state index is 0.00311. The van der Waals surface area contributed by atoms with Gasteiger partial charge in [0.15, 0.2) is 6.10 Å². The Balaban J connectivity index is 2.44. The van der Waals surface area contributed by atoms with Crippen LogP contribution in [0.5, 0.6) is 0 Å². The van der Waals surface area contributed by atoms with Crippen molar-refractivity contribution in [1.82, 2.24) is 0 Å². The number of unbranched alkanes of at least 4 members (excludes halogenated alkanes) is 7. The first-order valence-corrected chi connectivity index (χ1v) is 23.0. The molecule has 0 amide bonds. The highest BCUT2D eigenvalue weighted by Gasteiger charge is 2.39. The first kappa shape index (κ1) is 53.1. The van der Waals surface area contributed by atoms with Gasteiger partial charge in [-0.1, -0.05) is 119 Å². The number of rotatable bonds is 35. The van der Waals surface area contributed by atoms with Gasteiger partial charge in [-0.2, -0.15) is 0 Å². The van der Waals surface area contributed by atoms with Gasteiger partial charge in [0.2, 0.25) is 0 Å². The first-order valence-electron chi connectivity index (χ1n) is 21.5. The molecule has 1 saturated carbocycles. The average molecular weight is 836 g/mol. The van der Waals surface area contributed by atoms with Crippen LogP contribution in [0.25, 0.3) is 0 Å². The van der Waals surface area contributed by atoms with Crippen LogP contribution in [0.2, 0.25) is 0 Å². The number of carbonyl (C=O) groups is 3. The molecule has 1 rings (SSSR count). The summed E-state index contributed by atoms with van der Waals surface area (Å²) < 4.78 is 32.7. The molecule has 0 aliphatic heterocycles. The van der Waals surface area contributed by atoms with E-state index in [1.165, 1.54) is 0 Å². The number of nitrogens with two attached hydrogens (primary N) is 1. The highest BCUT2D eigenvalue weighted by molar-refractivity contribution is 7.47. The maximum atomic E-state index is 12.7. The smallest absolute Gasteiger partial charge is 0.462 e. The van der Waals surface area contributed by atoms with Crippen LogP contribution in [-0.2, 0) is 37.5 Å². The molecule has 0 bridgehead atoms. The first-order chi connectivity index (χ1) is 28.0. The molecule has 13 heteroatoms. The zero-order valence-electron chi connectivity index (χ0n) is 35.2. The molecule has 0 spiro atoms. The summed E-state index contributed by atoms with van der Waals surface area (Å²) in [5.74, 6) is -1.84. The minimum Gasteiger partial charge on any atom is -0.462 e. The summed E-state index contributed by atoms with van der Waals surface area (Å²) in [5, 5.41) is 20.7. The normalized spacial score (nSPS) is 19.8. The standard InChI is InChI=1S/C45H74NO11P/c1-3-5-7-8-9-10-11-12-13-14-15-16-17-18-19-20-25-29-44(50)54-36-39(37-56-58(52,53)55-34-33-46)57-45(51)30-26-22-21-24-28-40-41(43(49)35-42(40)48)32-31-38(47)27-23-6-4-2/h5,7,9-10,12-13,15-16,21,24,31-32,38-42,47-48H,3-4,6,8,11,14,17-20,22-23,25-30,33-37,46H2,1-2H3,(H,52,53)/b7-5-,10-9-,13-12-,16-15-,24-21-,32-31+/t38-,39+,40+,41+,42-/m0/s1. The third kappa shape index (κ3) is 28.5. The van der Waals surface area contributed by atoms with Crippen LogP contribution in [0.15, 0.2) is 72.9 Å². The molecule has 1 aliphatic carbocycles. The zero-order chi connectivity index (χ0) is 42.7. The van der Waals surface area contributed by atoms with Crippen LogP contribution in [0, 0.1) is 11.8 Å². The van der Waals surface area contributed by atoms with E-state index in [9.17, 15) is 34.1 Å². The summed E-state index contributed by atoms with van der Waals surface area (Å²) in [7, 11) is -4.46. The molecule has 6 atom stereocenters. The predicted octanol–water partition coefficient (Wildman–Crippen LogP) is 8.86. The molecule has 0 aromatic rings. The third-order valence-corrected chi connectivity index (χ3v) is 10.4. The van der Waals surface area contributed by atoms with Gasteiger partial charge in [-0.05, 0) is 70.6 Å². The Morgan fingerprint density at radius 2 is 1.45 bits per heavy atom. The van der Waals surface area contributed by atoms with E-state index in [0.29, 0.717) is 32.1 Å². The number of allylic oxidation sites excluding steroid dienone is 11. The second-order valence-electron chi connectivity index (χ2n) is 14.6. The van der Waals surface area contributed by atoms with E-state index >= 15 is 0 Å². The number of esters is 2. The fourth-order valence-corrected chi connectivity index (χ4v) is 6.96. The molecular formula is C45H74NO11P. The van der Waals surface area contributed by atoms with Crippen molar-refractivity contribution >= 4 is 25.5 Å². The van der Waals surface area contributed by atoms with Crippen molar-refractivity contribution in [3.05, 3.63) is 72.9 Å².